The number of rotatable bonds is 8. The molecule has 162 valence electrons. The average molecular weight is 418 g/mol. The molecule has 3 aromatic rings. The van der Waals surface area contributed by atoms with Crippen molar-refractivity contribution in [2.75, 3.05) is 33.9 Å². The topological polar surface area (TPSA) is 41.9 Å². The Morgan fingerprint density at radius 1 is 0.935 bits per heavy atom. The molecule has 31 heavy (non-hydrogen) atoms. The zero-order valence-electron chi connectivity index (χ0n) is 18.3. The van der Waals surface area contributed by atoms with Gasteiger partial charge in [0.25, 0.3) is 0 Å². The smallest absolute Gasteiger partial charge is 0.123 e. The highest BCUT2D eigenvalue weighted by Crippen LogP contribution is 2.47. The summed E-state index contributed by atoms with van der Waals surface area (Å²) in [5.41, 5.74) is 3.46. The zero-order valence-corrected chi connectivity index (χ0v) is 18.3. The van der Waals surface area contributed by atoms with Gasteiger partial charge in [0.15, 0.2) is 0 Å². The minimum atomic E-state index is 0.104. The zero-order chi connectivity index (χ0) is 21.6. The Balaban J connectivity index is 1.55. The molecule has 4 rings (SSSR count). The Morgan fingerprint density at radius 2 is 1.71 bits per heavy atom. The number of aromatic hydroxyl groups is 1. The van der Waals surface area contributed by atoms with E-state index in [1.807, 2.05) is 18.2 Å². The molecule has 0 aromatic heterocycles. The minimum Gasteiger partial charge on any atom is -0.508 e. The maximum absolute atomic E-state index is 10.2. The molecule has 0 saturated heterocycles. The van der Waals surface area contributed by atoms with Crippen LogP contribution in [0.5, 0.6) is 17.2 Å². The van der Waals surface area contributed by atoms with Crippen molar-refractivity contribution < 1.29 is 14.6 Å². The molecular weight excluding hydrogens is 386 g/mol. The number of hydrogen-bond acceptors (Lipinski definition) is 4. The van der Waals surface area contributed by atoms with Crippen molar-refractivity contribution >= 4 is 0 Å². The van der Waals surface area contributed by atoms with Crippen LogP contribution < -0.4 is 9.47 Å². The highest BCUT2D eigenvalue weighted by Gasteiger charge is 2.33. The molecule has 0 bridgehead atoms. The van der Waals surface area contributed by atoms with E-state index >= 15 is 0 Å². The van der Waals surface area contributed by atoms with Crippen LogP contribution in [0.25, 0.3) is 0 Å². The fourth-order valence-corrected chi connectivity index (χ4v) is 4.30. The number of hydrogen-bond donors (Lipinski definition) is 1. The van der Waals surface area contributed by atoms with E-state index in [9.17, 15) is 5.11 Å². The van der Waals surface area contributed by atoms with Crippen molar-refractivity contribution in [3.05, 3.63) is 89.5 Å². The van der Waals surface area contributed by atoms with Crippen LogP contribution in [0.2, 0.25) is 0 Å². The van der Waals surface area contributed by atoms with Gasteiger partial charge in [-0.25, -0.2) is 0 Å². The van der Waals surface area contributed by atoms with Crippen LogP contribution in [0, 0.1) is 0 Å². The van der Waals surface area contributed by atoms with E-state index in [2.05, 4.69) is 67.5 Å². The Bertz CT molecular complexity index is 970. The van der Waals surface area contributed by atoms with Crippen molar-refractivity contribution in [2.45, 2.75) is 24.7 Å². The lowest BCUT2D eigenvalue weighted by atomic mass is 9.76. The summed E-state index contributed by atoms with van der Waals surface area (Å²) < 4.78 is 12.0. The van der Waals surface area contributed by atoms with Gasteiger partial charge in [0.05, 0.1) is 13.2 Å². The first-order chi connectivity index (χ1) is 15.1. The van der Waals surface area contributed by atoms with Crippen molar-refractivity contribution in [3.63, 3.8) is 0 Å². The largest absolute Gasteiger partial charge is 0.508 e. The second-order valence-corrected chi connectivity index (χ2v) is 8.46. The Morgan fingerprint density at radius 3 is 2.45 bits per heavy atom. The summed E-state index contributed by atoms with van der Waals surface area (Å²) in [5.74, 6) is 2.28. The van der Waals surface area contributed by atoms with Crippen LogP contribution in [0.15, 0.2) is 72.8 Å². The molecule has 1 N–H and O–H groups in total. The van der Waals surface area contributed by atoms with E-state index in [-0.39, 0.29) is 17.6 Å². The molecule has 3 aromatic carbocycles. The maximum atomic E-state index is 10.2. The van der Waals surface area contributed by atoms with Crippen molar-refractivity contribution in [1.29, 1.82) is 0 Å². The summed E-state index contributed by atoms with van der Waals surface area (Å²) in [7, 11) is 4.19. The van der Waals surface area contributed by atoms with Gasteiger partial charge in [-0.05, 0) is 74.9 Å². The molecule has 0 fully saturated rings. The Labute approximate surface area is 185 Å². The molecule has 0 amide bonds. The first kappa shape index (κ1) is 21.3. The van der Waals surface area contributed by atoms with Gasteiger partial charge in [-0.1, -0.05) is 42.5 Å². The summed E-state index contributed by atoms with van der Waals surface area (Å²) in [5, 5.41) is 10.2. The van der Waals surface area contributed by atoms with Gasteiger partial charge in [-0.15, -0.1) is 0 Å². The number of phenolic OH excluding ortho intramolecular Hbond substituents is 1. The van der Waals surface area contributed by atoms with E-state index in [1.54, 1.807) is 6.07 Å². The first-order valence-electron chi connectivity index (χ1n) is 11.0. The number of fused-ring (bicyclic) bond motifs is 1. The Kier molecular flexibility index (Phi) is 6.78. The summed E-state index contributed by atoms with van der Waals surface area (Å²) in [6.45, 7) is 2.42. The molecule has 4 nitrogen and oxygen atoms in total. The standard InChI is InChI=1S/C27H31NO3/c1-28(2)16-6-7-17-30-23-13-10-21(11-14-23)27-24-18-22(29)12-15-26(24)31-19-25(27)20-8-4-3-5-9-20/h3-5,8-15,18,25,27,29H,6-7,16-17,19H2,1-2H3/t25-,27-/m0/s1. The Hall–Kier alpha value is -2.98. The second kappa shape index (κ2) is 9.88. The van der Waals surface area contributed by atoms with E-state index < -0.39 is 0 Å². The third kappa shape index (κ3) is 5.20. The molecule has 4 heteroatoms. The highest BCUT2D eigenvalue weighted by molar-refractivity contribution is 5.51. The van der Waals surface area contributed by atoms with Crippen molar-refractivity contribution in [1.82, 2.24) is 4.90 Å². The molecule has 1 aliphatic heterocycles. The highest BCUT2D eigenvalue weighted by atomic mass is 16.5. The lowest BCUT2D eigenvalue weighted by Gasteiger charge is -2.34. The molecule has 0 aliphatic carbocycles. The molecule has 0 saturated carbocycles. The molecule has 0 unspecified atom stereocenters. The maximum Gasteiger partial charge on any atom is 0.123 e. The van der Waals surface area contributed by atoms with Gasteiger partial charge in [0.2, 0.25) is 0 Å². The summed E-state index contributed by atoms with van der Waals surface area (Å²) in [4.78, 5) is 2.20. The number of nitrogens with zero attached hydrogens (tertiary/aromatic N) is 1. The van der Waals surface area contributed by atoms with Gasteiger partial charge >= 0.3 is 0 Å². The summed E-state index contributed by atoms with van der Waals surface area (Å²) >= 11 is 0. The van der Waals surface area contributed by atoms with Crippen LogP contribution in [0.4, 0.5) is 0 Å². The molecule has 0 spiro atoms. The number of benzene rings is 3. The van der Waals surface area contributed by atoms with Gasteiger partial charge in [0, 0.05) is 17.4 Å². The SMILES string of the molecule is CN(C)CCCCOc1ccc([C@H]2c3cc(O)ccc3OC[C@H]2c2ccccc2)cc1. The van der Waals surface area contributed by atoms with Gasteiger partial charge < -0.3 is 19.5 Å². The normalized spacial score (nSPS) is 17.8. The molecule has 1 aliphatic rings. The van der Waals surface area contributed by atoms with Crippen LogP contribution in [0.1, 0.15) is 41.4 Å². The van der Waals surface area contributed by atoms with Crippen LogP contribution in [-0.4, -0.2) is 43.9 Å². The average Bonchev–Trinajstić information content (AvgIpc) is 2.79. The first-order valence-corrected chi connectivity index (χ1v) is 11.0. The predicted octanol–water partition coefficient (Wildman–Crippen LogP) is 5.42. The lowest BCUT2D eigenvalue weighted by molar-refractivity contribution is 0.248. The number of phenols is 1. The van der Waals surface area contributed by atoms with Crippen LogP contribution in [0.3, 0.4) is 0 Å². The van der Waals surface area contributed by atoms with E-state index in [0.29, 0.717) is 6.61 Å². The van der Waals surface area contributed by atoms with E-state index in [0.717, 1.165) is 43.1 Å². The predicted molar refractivity (Wildman–Crippen MR) is 124 cm³/mol. The number of ether oxygens (including phenoxy) is 2. The quantitative estimate of drug-likeness (QED) is 0.497. The van der Waals surface area contributed by atoms with E-state index in [1.165, 1.54) is 11.1 Å². The molecular formula is C27H31NO3. The van der Waals surface area contributed by atoms with E-state index in [4.69, 9.17) is 9.47 Å². The van der Waals surface area contributed by atoms with Crippen molar-refractivity contribution in [2.24, 2.45) is 0 Å². The monoisotopic (exact) mass is 417 g/mol. The summed E-state index contributed by atoms with van der Waals surface area (Å²) in [6.07, 6.45) is 2.18. The summed E-state index contributed by atoms with van der Waals surface area (Å²) in [6, 6.07) is 24.3. The number of unbranched alkanes of at least 4 members (excludes halogenated alkanes) is 1. The van der Waals surface area contributed by atoms with Gasteiger partial charge in [-0.2, -0.15) is 0 Å². The second-order valence-electron chi connectivity index (χ2n) is 8.46. The third-order valence-electron chi connectivity index (χ3n) is 5.88. The fraction of sp³-hybridized carbons (Fsp3) is 0.333. The van der Waals surface area contributed by atoms with Gasteiger partial charge in [0.1, 0.15) is 17.2 Å². The fourth-order valence-electron chi connectivity index (χ4n) is 4.30. The third-order valence-corrected chi connectivity index (χ3v) is 5.88. The van der Waals surface area contributed by atoms with Crippen LogP contribution >= 0.6 is 0 Å². The van der Waals surface area contributed by atoms with Gasteiger partial charge in [-0.3, -0.25) is 0 Å². The van der Waals surface area contributed by atoms with Crippen LogP contribution in [-0.2, 0) is 0 Å². The lowest BCUT2D eigenvalue weighted by Crippen LogP contribution is -2.25. The minimum absolute atomic E-state index is 0.104. The van der Waals surface area contributed by atoms with Crippen molar-refractivity contribution in [3.8, 4) is 17.2 Å². The molecule has 0 radical (unpaired) electrons. The molecule has 2 atom stereocenters. The molecule has 1 heterocycles.